The molecule has 0 fully saturated rings. The fraction of sp³-hybridized carbons (Fsp3) is 0.500. The number of carbonyl (C=O) groups excluding carboxylic acids is 1. The average Bonchev–Trinajstić information content (AvgIpc) is 2.30. The second-order valence-corrected chi connectivity index (χ2v) is 4.18. The van der Waals surface area contributed by atoms with E-state index in [1.165, 1.54) is 12.8 Å². The molecule has 0 radical (unpaired) electrons. The van der Waals surface area contributed by atoms with E-state index in [0.717, 1.165) is 6.42 Å². The van der Waals surface area contributed by atoms with E-state index in [0.29, 0.717) is 18.1 Å². The number of carbonyl (C=O) groups is 1. The third kappa shape index (κ3) is 4.47. The zero-order valence-electron chi connectivity index (χ0n) is 10.1. The van der Waals surface area contributed by atoms with Crippen LogP contribution in [-0.4, -0.2) is 12.6 Å². The molecule has 0 amide bonds. The van der Waals surface area contributed by atoms with Crippen LogP contribution in [0.1, 0.15) is 43.5 Å². The molecule has 0 aromatic heterocycles. The smallest absolute Gasteiger partial charge is 0.338 e. The molecule has 88 valence electrons. The van der Waals surface area contributed by atoms with Gasteiger partial charge in [-0.15, -0.1) is 0 Å². The first-order valence-corrected chi connectivity index (χ1v) is 5.96. The third-order valence-electron chi connectivity index (χ3n) is 2.63. The van der Waals surface area contributed by atoms with Gasteiger partial charge < -0.3 is 4.74 Å². The Labute approximate surface area is 97.6 Å². The largest absolute Gasteiger partial charge is 0.462 e. The summed E-state index contributed by atoms with van der Waals surface area (Å²) in [5.74, 6) is 0.415. The summed E-state index contributed by atoms with van der Waals surface area (Å²) in [6.45, 7) is 4.89. The molecule has 1 aromatic carbocycles. The second kappa shape index (κ2) is 7.04. The molecule has 1 unspecified atom stereocenters. The minimum Gasteiger partial charge on any atom is -0.462 e. The summed E-state index contributed by atoms with van der Waals surface area (Å²) in [7, 11) is 0. The van der Waals surface area contributed by atoms with Crippen LogP contribution >= 0.6 is 0 Å². The molecule has 0 saturated carbocycles. The van der Waals surface area contributed by atoms with Crippen LogP contribution in [0.3, 0.4) is 0 Å². The highest BCUT2D eigenvalue weighted by molar-refractivity contribution is 5.89. The number of ether oxygens (including phenoxy) is 1. The molecule has 0 aliphatic heterocycles. The number of rotatable bonds is 6. The van der Waals surface area contributed by atoms with E-state index in [1.807, 2.05) is 18.2 Å². The van der Waals surface area contributed by atoms with E-state index in [1.54, 1.807) is 12.1 Å². The molecule has 2 nitrogen and oxygen atoms in total. The SMILES string of the molecule is CCCC(C)CCOC(=O)c1ccccc1. The molecule has 0 saturated heterocycles. The summed E-state index contributed by atoms with van der Waals surface area (Å²) in [6.07, 6.45) is 3.34. The lowest BCUT2D eigenvalue weighted by Gasteiger charge is -2.10. The number of hydrogen-bond acceptors (Lipinski definition) is 2. The first-order chi connectivity index (χ1) is 7.74. The molecule has 1 rings (SSSR count). The van der Waals surface area contributed by atoms with Gasteiger partial charge in [-0.2, -0.15) is 0 Å². The van der Waals surface area contributed by atoms with Crippen molar-refractivity contribution in [2.24, 2.45) is 5.92 Å². The Balaban J connectivity index is 2.26. The van der Waals surface area contributed by atoms with Crippen LogP contribution in [0.5, 0.6) is 0 Å². The zero-order chi connectivity index (χ0) is 11.8. The van der Waals surface area contributed by atoms with Gasteiger partial charge in [-0.3, -0.25) is 0 Å². The maximum atomic E-state index is 11.6. The van der Waals surface area contributed by atoms with Crippen molar-refractivity contribution in [2.75, 3.05) is 6.61 Å². The van der Waals surface area contributed by atoms with E-state index < -0.39 is 0 Å². The molecule has 0 N–H and O–H groups in total. The molecule has 1 aromatic rings. The van der Waals surface area contributed by atoms with Crippen LogP contribution in [-0.2, 0) is 4.74 Å². The Bertz CT molecular complexity index is 306. The van der Waals surface area contributed by atoms with Crippen molar-refractivity contribution in [1.82, 2.24) is 0 Å². The Morgan fingerprint density at radius 3 is 2.56 bits per heavy atom. The van der Waals surface area contributed by atoms with Gasteiger partial charge in [-0.1, -0.05) is 44.9 Å². The summed E-state index contributed by atoms with van der Waals surface area (Å²) >= 11 is 0. The van der Waals surface area contributed by atoms with Gasteiger partial charge in [0.05, 0.1) is 12.2 Å². The molecule has 0 bridgehead atoms. The summed E-state index contributed by atoms with van der Waals surface area (Å²) in [4.78, 5) is 11.6. The van der Waals surface area contributed by atoms with E-state index in [9.17, 15) is 4.79 Å². The lowest BCUT2D eigenvalue weighted by molar-refractivity contribution is 0.0484. The molecule has 0 aliphatic rings. The Hall–Kier alpha value is -1.31. The monoisotopic (exact) mass is 220 g/mol. The normalized spacial score (nSPS) is 12.1. The minimum atomic E-state index is -0.218. The molecule has 16 heavy (non-hydrogen) atoms. The minimum absolute atomic E-state index is 0.218. The molecule has 2 heteroatoms. The summed E-state index contributed by atoms with van der Waals surface area (Å²) in [6, 6.07) is 9.13. The lowest BCUT2D eigenvalue weighted by atomic mass is 10.0. The topological polar surface area (TPSA) is 26.3 Å². The summed E-state index contributed by atoms with van der Waals surface area (Å²) < 4.78 is 5.21. The predicted octanol–water partition coefficient (Wildman–Crippen LogP) is 3.67. The van der Waals surface area contributed by atoms with Gasteiger partial charge in [0, 0.05) is 0 Å². The molecule has 0 spiro atoms. The highest BCUT2D eigenvalue weighted by atomic mass is 16.5. The van der Waals surface area contributed by atoms with Crippen molar-refractivity contribution in [1.29, 1.82) is 0 Å². The third-order valence-corrected chi connectivity index (χ3v) is 2.63. The van der Waals surface area contributed by atoms with Gasteiger partial charge in [0.1, 0.15) is 0 Å². The summed E-state index contributed by atoms with van der Waals surface area (Å²) in [5, 5.41) is 0. The van der Waals surface area contributed by atoms with Crippen LogP contribution in [0.2, 0.25) is 0 Å². The molecule has 1 atom stereocenters. The number of hydrogen-bond donors (Lipinski definition) is 0. The van der Waals surface area contributed by atoms with Gasteiger partial charge in [0.2, 0.25) is 0 Å². The lowest BCUT2D eigenvalue weighted by Crippen LogP contribution is -2.08. The average molecular weight is 220 g/mol. The first kappa shape index (κ1) is 12.8. The van der Waals surface area contributed by atoms with Crippen LogP contribution in [0.4, 0.5) is 0 Å². The maximum absolute atomic E-state index is 11.6. The Morgan fingerprint density at radius 2 is 1.94 bits per heavy atom. The standard InChI is InChI=1S/C14H20O2/c1-3-7-12(2)10-11-16-14(15)13-8-5-4-6-9-13/h4-6,8-9,12H,3,7,10-11H2,1-2H3. The number of esters is 1. The van der Waals surface area contributed by atoms with E-state index >= 15 is 0 Å². The van der Waals surface area contributed by atoms with Crippen LogP contribution in [0.25, 0.3) is 0 Å². The van der Waals surface area contributed by atoms with Crippen molar-refractivity contribution in [2.45, 2.75) is 33.1 Å². The molecule has 0 heterocycles. The van der Waals surface area contributed by atoms with Crippen LogP contribution in [0.15, 0.2) is 30.3 Å². The van der Waals surface area contributed by atoms with Crippen molar-refractivity contribution in [3.8, 4) is 0 Å². The van der Waals surface area contributed by atoms with Gasteiger partial charge in [0.15, 0.2) is 0 Å². The fourth-order valence-electron chi connectivity index (χ4n) is 1.65. The quantitative estimate of drug-likeness (QED) is 0.684. The van der Waals surface area contributed by atoms with Crippen molar-refractivity contribution < 1.29 is 9.53 Å². The Kier molecular flexibility index (Phi) is 5.62. The van der Waals surface area contributed by atoms with E-state index in [2.05, 4.69) is 13.8 Å². The van der Waals surface area contributed by atoms with Gasteiger partial charge in [0.25, 0.3) is 0 Å². The second-order valence-electron chi connectivity index (χ2n) is 4.18. The van der Waals surface area contributed by atoms with Gasteiger partial charge in [-0.25, -0.2) is 4.79 Å². The first-order valence-electron chi connectivity index (χ1n) is 5.96. The predicted molar refractivity (Wildman–Crippen MR) is 65.4 cm³/mol. The van der Waals surface area contributed by atoms with Crippen molar-refractivity contribution >= 4 is 5.97 Å². The van der Waals surface area contributed by atoms with Gasteiger partial charge >= 0.3 is 5.97 Å². The van der Waals surface area contributed by atoms with Crippen molar-refractivity contribution in [3.05, 3.63) is 35.9 Å². The van der Waals surface area contributed by atoms with E-state index in [-0.39, 0.29) is 5.97 Å². The van der Waals surface area contributed by atoms with E-state index in [4.69, 9.17) is 4.74 Å². The molecular formula is C14H20O2. The van der Waals surface area contributed by atoms with Crippen LogP contribution < -0.4 is 0 Å². The molecule has 0 aliphatic carbocycles. The Morgan fingerprint density at radius 1 is 1.25 bits per heavy atom. The summed E-state index contributed by atoms with van der Waals surface area (Å²) in [5.41, 5.74) is 0.630. The number of benzene rings is 1. The zero-order valence-corrected chi connectivity index (χ0v) is 10.1. The fourth-order valence-corrected chi connectivity index (χ4v) is 1.65. The highest BCUT2D eigenvalue weighted by Gasteiger charge is 2.07. The molecular weight excluding hydrogens is 200 g/mol. The highest BCUT2D eigenvalue weighted by Crippen LogP contribution is 2.10. The maximum Gasteiger partial charge on any atom is 0.338 e. The van der Waals surface area contributed by atoms with Gasteiger partial charge in [-0.05, 0) is 24.5 Å². The van der Waals surface area contributed by atoms with Crippen molar-refractivity contribution in [3.63, 3.8) is 0 Å². The van der Waals surface area contributed by atoms with Crippen LogP contribution in [0, 0.1) is 5.92 Å².